The molecule has 0 spiro atoms. The average molecular weight is 687 g/mol. The molecule has 1 fully saturated rings. The van der Waals surface area contributed by atoms with Gasteiger partial charge in [-0.2, -0.15) is 9.61 Å². The van der Waals surface area contributed by atoms with Crippen LogP contribution in [-0.4, -0.2) is 62.7 Å². The lowest BCUT2D eigenvalue weighted by molar-refractivity contribution is -0.160. The Morgan fingerprint density at radius 1 is 1.10 bits per heavy atom. The summed E-state index contributed by atoms with van der Waals surface area (Å²) < 4.78 is 20.4. The molecule has 260 valence electrons. The molecular formula is C39H47ClN4O5. The predicted octanol–water partition coefficient (Wildman–Crippen LogP) is 8.87. The molecule has 3 heterocycles. The zero-order valence-electron chi connectivity index (χ0n) is 29.3. The normalized spacial score (nSPS) is 15.9. The van der Waals surface area contributed by atoms with E-state index in [-0.39, 0.29) is 11.7 Å². The molecule has 4 aromatic rings. The Kier molecular flexibility index (Phi) is 10.9. The highest BCUT2D eigenvalue weighted by Crippen LogP contribution is 2.39. The van der Waals surface area contributed by atoms with E-state index in [1.54, 1.807) is 10.6 Å². The van der Waals surface area contributed by atoms with E-state index in [2.05, 4.69) is 31.0 Å². The van der Waals surface area contributed by atoms with E-state index < -0.39 is 17.7 Å². The Balaban J connectivity index is 1.62. The second-order valence-electron chi connectivity index (χ2n) is 13.9. The monoisotopic (exact) mass is 686 g/mol. The lowest BCUT2D eigenvalue weighted by atomic mass is 9.92. The topological polar surface area (TPSA) is 98.4 Å². The minimum atomic E-state index is -1.25. The maximum absolute atomic E-state index is 12.8. The number of carboxylic acid groups (broad SMARTS) is 1. The van der Waals surface area contributed by atoms with Gasteiger partial charge < -0.3 is 24.2 Å². The summed E-state index contributed by atoms with van der Waals surface area (Å²) in [6, 6.07) is 15.7. The fraction of sp³-hybridized carbons (Fsp3) is 0.410. The summed E-state index contributed by atoms with van der Waals surface area (Å²) in [5, 5.41) is 16.2. The third kappa shape index (κ3) is 8.35. The first-order valence-corrected chi connectivity index (χ1v) is 17.1. The van der Waals surface area contributed by atoms with Crippen LogP contribution in [0.3, 0.4) is 0 Å². The molecule has 1 aliphatic heterocycles. The number of anilines is 1. The van der Waals surface area contributed by atoms with Crippen molar-refractivity contribution in [1.82, 2.24) is 14.6 Å². The van der Waals surface area contributed by atoms with Gasteiger partial charge >= 0.3 is 5.97 Å². The van der Waals surface area contributed by atoms with E-state index in [1.165, 1.54) is 0 Å². The first kappa shape index (κ1) is 36.1. The Labute approximate surface area is 294 Å². The number of benzene rings is 2. The lowest BCUT2D eigenvalue weighted by Crippen LogP contribution is -2.45. The summed E-state index contributed by atoms with van der Waals surface area (Å²) >= 11 is 6.38. The molecule has 0 radical (unpaired) electrons. The molecule has 2 aromatic heterocycles. The second-order valence-corrected chi connectivity index (χ2v) is 14.3. The number of aliphatic carboxylic acids is 1. The van der Waals surface area contributed by atoms with Crippen LogP contribution in [-0.2, 0) is 14.3 Å². The van der Waals surface area contributed by atoms with Crippen molar-refractivity contribution in [3.05, 3.63) is 90.1 Å². The highest BCUT2D eigenvalue weighted by atomic mass is 35.5. The molecule has 1 N–H and O–H groups in total. The molecular weight excluding hydrogens is 640 g/mol. The third-order valence-corrected chi connectivity index (χ3v) is 8.91. The smallest absolute Gasteiger partial charge is 0.337 e. The largest absolute Gasteiger partial charge is 0.490 e. The zero-order chi connectivity index (χ0) is 35.5. The van der Waals surface area contributed by atoms with Gasteiger partial charge in [0.15, 0.2) is 11.8 Å². The van der Waals surface area contributed by atoms with Crippen LogP contribution in [0.15, 0.2) is 73.8 Å². The van der Waals surface area contributed by atoms with Crippen molar-refractivity contribution in [3.8, 4) is 28.1 Å². The van der Waals surface area contributed by atoms with Crippen molar-refractivity contribution >= 4 is 29.0 Å². The minimum Gasteiger partial charge on any atom is -0.490 e. The maximum atomic E-state index is 12.8. The van der Waals surface area contributed by atoms with E-state index in [4.69, 9.17) is 35.9 Å². The van der Waals surface area contributed by atoms with Gasteiger partial charge in [0.2, 0.25) is 0 Å². The Bertz CT molecular complexity index is 1840. The molecule has 0 amide bonds. The second kappa shape index (κ2) is 14.7. The number of hydrogen-bond acceptors (Lipinski definition) is 7. The number of halogens is 1. The van der Waals surface area contributed by atoms with Crippen molar-refractivity contribution < 1.29 is 24.1 Å². The Morgan fingerprint density at radius 3 is 2.47 bits per heavy atom. The Hall–Kier alpha value is -4.18. The summed E-state index contributed by atoms with van der Waals surface area (Å²) in [6.45, 7) is 20.9. The molecule has 1 aliphatic rings. The first-order chi connectivity index (χ1) is 23.2. The number of piperidine rings is 1. The van der Waals surface area contributed by atoms with E-state index in [0.717, 1.165) is 29.5 Å². The Morgan fingerprint density at radius 2 is 1.82 bits per heavy atom. The summed E-state index contributed by atoms with van der Waals surface area (Å²) in [4.78, 5) is 19.9. The van der Waals surface area contributed by atoms with Gasteiger partial charge in [-0.05, 0) is 84.2 Å². The fourth-order valence-corrected chi connectivity index (χ4v) is 6.39. The molecule has 1 saturated heterocycles. The standard InChI is InChI=1S/C39H47ClN4O5/c1-9-12-25(3)48-32-23-29(40)15-16-30(32)27-13-11-14-28(22-27)31-24-33-41-26(4)34(35(37(45)46)49-38(5,6)7)36(44(33)42-31)43-19-17-39(8,18-20-43)47-21-10-2/h9-11,13-16,22-25,35H,1-2,12,17-21H2,3-8H3,(H,45,46)/t25-,35?/m0/s1. The van der Waals surface area contributed by atoms with E-state index in [1.807, 2.05) is 83.2 Å². The zero-order valence-corrected chi connectivity index (χ0v) is 30.1. The summed E-state index contributed by atoms with van der Waals surface area (Å²) in [5.74, 6) is 0.267. The maximum Gasteiger partial charge on any atom is 0.337 e. The number of aromatic nitrogens is 3. The van der Waals surface area contributed by atoms with Gasteiger partial charge in [0.1, 0.15) is 11.6 Å². The highest BCUT2D eigenvalue weighted by molar-refractivity contribution is 6.30. The number of carboxylic acids is 1. The minimum absolute atomic E-state index is 0.0728. The van der Waals surface area contributed by atoms with E-state index in [9.17, 15) is 9.90 Å². The molecule has 10 heteroatoms. The highest BCUT2D eigenvalue weighted by Gasteiger charge is 2.37. The third-order valence-electron chi connectivity index (χ3n) is 8.67. The SMILES string of the molecule is C=CCOC1(C)CCN(c2c(C(OC(C)(C)C)C(=O)O)c(C)nc3cc(-c4cccc(-c5ccc(Cl)cc5O[C@@H](C)CC=C)c4)nn23)CC1. The van der Waals surface area contributed by atoms with Crippen molar-refractivity contribution in [2.24, 2.45) is 0 Å². The molecule has 0 aliphatic carbocycles. The van der Waals surface area contributed by atoms with Crippen LogP contribution in [0, 0.1) is 6.92 Å². The van der Waals surface area contributed by atoms with Crippen molar-refractivity contribution in [2.45, 2.75) is 84.2 Å². The van der Waals surface area contributed by atoms with Crippen molar-refractivity contribution in [1.29, 1.82) is 0 Å². The molecule has 0 bridgehead atoms. The lowest BCUT2D eigenvalue weighted by Gasteiger charge is -2.41. The van der Waals surface area contributed by atoms with Gasteiger partial charge in [0.25, 0.3) is 0 Å². The van der Waals surface area contributed by atoms with Gasteiger partial charge in [0.05, 0.1) is 35.2 Å². The van der Waals surface area contributed by atoms with Gasteiger partial charge in [-0.25, -0.2) is 9.78 Å². The van der Waals surface area contributed by atoms with Crippen LogP contribution in [0.5, 0.6) is 5.75 Å². The van der Waals surface area contributed by atoms with E-state index in [0.29, 0.717) is 65.3 Å². The van der Waals surface area contributed by atoms with Gasteiger partial charge in [-0.15, -0.1) is 13.2 Å². The first-order valence-electron chi connectivity index (χ1n) is 16.7. The number of hydrogen-bond donors (Lipinski definition) is 1. The predicted molar refractivity (Wildman–Crippen MR) is 196 cm³/mol. The molecule has 49 heavy (non-hydrogen) atoms. The van der Waals surface area contributed by atoms with Crippen molar-refractivity contribution in [3.63, 3.8) is 0 Å². The van der Waals surface area contributed by atoms with Gasteiger partial charge in [-0.3, -0.25) is 0 Å². The summed E-state index contributed by atoms with van der Waals surface area (Å²) in [5.41, 5.74) is 4.06. The summed E-state index contributed by atoms with van der Waals surface area (Å²) in [7, 11) is 0. The molecule has 0 saturated carbocycles. The molecule has 2 atom stereocenters. The van der Waals surface area contributed by atoms with Gasteiger partial charge in [-0.1, -0.05) is 42.0 Å². The number of rotatable bonds is 13. The summed E-state index contributed by atoms with van der Waals surface area (Å²) in [6.07, 6.45) is 4.46. The van der Waals surface area contributed by atoms with Crippen LogP contribution < -0.4 is 9.64 Å². The molecule has 5 rings (SSSR count). The van der Waals surface area contributed by atoms with Crippen LogP contribution in [0.4, 0.5) is 5.82 Å². The quantitative estimate of drug-likeness (QED) is 0.139. The number of ether oxygens (including phenoxy) is 3. The van der Waals surface area contributed by atoms with Gasteiger partial charge in [0, 0.05) is 47.4 Å². The molecule has 2 aromatic carbocycles. The number of aryl methyl sites for hydroxylation is 1. The number of nitrogens with zero attached hydrogens (tertiary/aromatic N) is 4. The van der Waals surface area contributed by atoms with Crippen LogP contribution in [0.1, 0.15) is 71.2 Å². The number of fused-ring (bicyclic) bond motifs is 1. The van der Waals surface area contributed by atoms with Crippen LogP contribution in [0.2, 0.25) is 5.02 Å². The molecule has 9 nitrogen and oxygen atoms in total. The van der Waals surface area contributed by atoms with Crippen LogP contribution in [0.25, 0.3) is 28.0 Å². The number of carbonyl (C=O) groups is 1. The molecule has 1 unspecified atom stereocenters. The van der Waals surface area contributed by atoms with Crippen molar-refractivity contribution in [2.75, 3.05) is 24.6 Å². The average Bonchev–Trinajstić information content (AvgIpc) is 3.46. The van der Waals surface area contributed by atoms with Crippen LogP contribution >= 0.6 is 11.6 Å². The fourth-order valence-electron chi connectivity index (χ4n) is 6.23. The van der Waals surface area contributed by atoms with E-state index >= 15 is 0 Å².